The third-order valence-corrected chi connectivity index (χ3v) is 7.44. The fraction of sp³-hybridized carbons (Fsp3) is 0.423. The first-order chi connectivity index (χ1) is 17.4. The lowest BCUT2D eigenvalue weighted by Crippen LogP contribution is -2.60. The summed E-state index contributed by atoms with van der Waals surface area (Å²) in [4.78, 5) is 45.2. The van der Waals surface area contributed by atoms with Crippen molar-refractivity contribution in [1.29, 1.82) is 0 Å². The SMILES string of the molecule is O=C(c1ccccc1Cl)N1CCC2(CC1)OC[C@H](C(=O)N1CCOCC1)N2C(=O)c1ccc(F)cc1. The van der Waals surface area contributed by atoms with Crippen molar-refractivity contribution in [1.82, 2.24) is 14.7 Å². The third-order valence-electron chi connectivity index (χ3n) is 7.11. The summed E-state index contributed by atoms with van der Waals surface area (Å²) in [6, 6.07) is 11.3. The van der Waals surface area contributed by atoms with E-state index in [0.717, 1.165) is 0 Å². The number of carbonyl (C=O) groups is 3. The minimum Gasteiger partial charge on any atom is -0.378 e. The molecule has 1 spiro atoms. The molecule has 3 saturated heterocycles. The summed E-state index contributed by atoms with van der Waals surface area (Å²) >= 11 is 6.23. The van der Waals surface area contributed by atoms with E-state index in [9.17, 15) is 18.8 Å². The van der Waals surface area contributed by atoms with Crippen molar-refractivity contribution in [3.8, 4) is 0 Å². The second-order valence-corrected chi connectivity index (χ2v) is 9.57. The van der Waals surface area contributed by atoms with Crippen LogP contribution < -0.4 is 0 Å². The molecule has 8 nitrogen and oxygen atoms in total. The first-order valence-electron chi connectivity index (χ1n) is 12.0. The predicted octanol–water partition coefficient (Wildman–Crippen LogP) is 2.81. The van der Waals surface area contributed by atoms with Gasteiger partial charge in [-0.2, -0.15) is 0 Å². The number of hydrogen-bond acceptors (Lipinski definition) is 5. The molecular formula is C26H27ClFN3O5. The van der Waals surface area contributed by atoms with E-state index < -0.39 is 23.5 Å². The molecule has 3 fully saturated rings. The van der Waals surface area contributed by atoms with Gasteiger partial charge in [0.05, 0.1) is 30.4 Å². The van der Waals surface area contributed by atoms with Gasteiger partial charge in [0.1, 0.15) is 17.6 Å². The normalized spacial score (nSPS) is 21.6. The zero-order chi connectivity index (χ0) is 25.3. The van der Waals surface area contributed by atoms with Crippen LogP contribution in [0.15, 0.2) is 48.5 Å². The lowest BCUT2D eigenvalue weighted by atomic mass is 9.96. The molecule has 36 heavy (non-hydrogen) atoms. The molecule has 0 radical (unpaired) electrons. The van der Waals surface area contributed by atoms with Gasteiger partial charge < -0.3 is 19.3 Å². The zero-order valence-electron chi connectivity index (χ0n) is 19.7. The van der Waals surface area contributed by atoms with Crippen molar-refractivity contribution in [2.45, 2.75) is 24.6 Å². The van der Waals surface area contributed by atoms with Gasteiger partial charge in [-0.15, -0.1) is 0 Å². The maximum absolute atomic E-state index is 13.7. The Kier molecular flexibility index (Phi) is 6.96. The lowest BCUT2D eigenvalue weighted by Gasteiger charge is -2.45. The van der Waals surface area contributed by atoms with Crippen LogP contribution in [0, 0.1) is 5.82 Å². The molecule has 2 aromatic carbocycles. The van der Waals surface area contributed by atoms with Crippen molar-refractivity contribution in [2.24, 2.45) is 0 Å². The summed E-state index contributed by atoms with van der Waals surface area (Å²) < 4.78 is 25.1. The summed E-state index contributed by atoms with van der Waals surface area (Å²) in [5.74, 6) is -1.23. The minimum atomic E-state index is -1.05. The van der Waals surface area contributed by atoms with Gasteiger partial charge in [-0.05, 0) is 36.4 Å². The van der Waals surface area contributed by atoms with Crippen molar-refractivity contribution in [3.63, 3.8) is 0 Å². The van der Waals surface area contributed by atoms with Crippen molar-refractivity contribution < 1.29 is 28.2 Å². The maximum atomic E-state index is 13.7. The van der Waals surface area contributed by atoms with Gasteiger partial charge >= 0.3 is 0 Å². The maximum Gasteiger partial charge on any atom is 0.256 e. The average molecular weight is 516 g/mol. The van der Waals surface area contributed by atoms with Crippen molar-refractivity contribution >= 4 is 29.3 Å². The molecule has 2 aromatic rings. The second kappa shape index (κ2) is 10.2. The lowest BCUT2D eigenvalue weighted by molar-refractivity contribution is -0.141. The van der Waals surface area contributed by atoms with E-state index in [-0.39, 0.29) is 24.0 Å². The Balaban J connectivity index is 1.40. The number of ether oxygens (including phenoxy) is 2. The van der Waals surface area contributed by atoms with Crippen molar-refractivity contribution in [2.75, 3.05) is 46.0 Å². The number of likely N-dealkylation sites (tertiary alicyclic amines) is 1. The Bertz CT molecular complexity index is 1150. The smallest absolute Gasteiger partial charge is 0.256 e. The Morgan fingerprint density at radius 2 is 1.56 bits per heavy atom. The molecule has 0 aliphatic carbocycles. The summed E-state index contributed by atoms with van der Waals surface area (Å²) in [5, 5.41) is 0.379. The molecule has 0 unspecified atom stereocenters. The number of piperidine rings is 1. The number of nitrogens with zero attached hydrogens (tertiary/aromatic N) is 3. The van der Waals surface area contributed by atoms with Gasteiger partial charge in [0.25, 0.3) is 11.8 Å². The number of carbonyl (C=O) groups excluding carboxylic acids is 3. The highest BCUT2D eigenvalue weighted by Crippen LogP contribution is 2.39. The number of hydrogen-bond donors (Lipinski definition) is 0. The van der Waals surface area contributed by atoms with Crippen LogP contribution in [-0.4, -0.2) is 90.2 Å². The topological polar surface area (TPSA) is 79.4 Å². The second-order valence-electron chi connectivity index (χ2n) is 9.16. The molecular weight excluding hydrogens is 489 g/mol. The molecule has 0 aromatic heterocycles. The zero-order valence-corrected chi connectivity index (χ0v) is 20.5. The van der Waals surface area contributed by atoms with E-state index in [4.69, 9.17) is 21.1 Å². The molecule has 5 rings (SSSR count). The van der Waals surface area contributed by atoms with Gasteiger partial charge in [-0.1, -0.05) is 23.7 Å². The number of amides is 3. The molecule has 3 heterocycles. The largest absolute Gasteiger partial charge is 0.378 e. The Labute approximate surface area is 213 Å². The standard InChI is InChI=1S/C26H27ClFN3O5/c27-21-4-2-1-3-20(21)24(33)29-11-9-26(10-12-29)31(23(32)18-5-7-19(28)8-6-18)22(17-36-26)25(34)30-13-15-35-16-14-30/h1-8,22H,9-17H2/t22-/m1/s1. The number of halogens is 2. The molecule has 0 N–H and O–H groups in total. The first-order valence-corrected chi connectivity index (χ1v) is 12.4. The molecule has 3 aliphatic heterocycles. The van der Waals surface area contributed by atoms with Gasteiger partial charge in [0.2, 0.25) is 5.91 Å². The number of rotatable bonds is 3. The van der Waals surface area contributed by atoms with E-state index in [0.29, 0.717) is 62.8 Å². The van der Waals surface area contributed by atoms with E-state index in [1.165, 1.54) is 29.2 Å². The Morgan fingerprint density at radius 3 is 2.22 bits per heavy atom. The fourth-order valence-electron chi connectivity index (χ4n) is 5.15. The van der Waals surface area contributed by atoms with Crippen LogP contribution in [0.4, 0.5) is 4.39 Å². The van der Waals surface area contributed by atoms with E-state index >= 15 is 0 Å². The third kappa shape index (κ3) is 4.58. The van der Waals surface area contributed by atoms with Gasteiger partial charge in [-0.3, -0.25) is 19.3 Å². The first kappa shape index (κ1) is 24.7. The van der Waals surface area contributed by atoms with Crippen LogP contribution in [0.2, 0.25) is 5.02 Å². The average Bonchev–Trinajstić information content (AvgIpc) is 3.27. The number of benzene rings is 2. The molecule has 3 aliphatic rings. The molecule has 0 saturated carbocycles. The van der Waals surface area contributed by atoms with Crippen LogP contribution in [0.3, 0.4) is 0 Å². The number of morpholine rings is 1. The fourth-order valence-corrected chi connectivity index (χ4v) is 5.36. The van der Waals surface area contributed by atoms with Crippen LogP contribution in [0.1, 0.15) is 33.6 Å². The monoisotopic (exact) mass is 515 g/mol. The van der Waals surface area contributed by atoms with Gasteiger partial charge in [0, 0.05) is 44.6 Å². The van der Waals surface area contributed by atoms with Crippen LogP contribution >= 0.6 is 11.6 Å². The highest BCUT2D eigenvalue weighted by atomic mass is 35.5. The molecule has 10 heteroatoms. The quantitative estimate of drug-likeness (QED) is 0.628. The van der Waals surface area contributed by atoms with Gasteiger partial charge in [0.15, 0.2) is 0 Å². The predicted molar refractivity (Wildman–Crippen MR) is 129 cm³/mol. The van der Waals surface area contributed by atoms with E-state index in [2.05, 4.69) is 0 Å². The molecule has 190 valence electrons. The van der Waals surface area contributed by atoms with Crippen LogP contribution in [0.25, 0.3) is 0 Å². The molecule has 3 amide bonds. The highest BCUT2D eigenvalue weighted by molar-refractivity contribution is 6.33. The van der Waals surface area contributed by atoms with Crippen LogP contribution in [0.5, 0.6) is 0 Å². The van der Waals surface area contributed by atoms with Crippen LogP contribution in [-0.2, 0) is 14.3 Å². The van der Waals surface area contributed by atoms with E-state index in [1.54, 1.807) is 34.1 Å². The minimum absolute atomic E-state index is 0.0571. The molecule has 0 bridgehead atoms. The molecule has 1 atom stereocenters. The Morgan fingerprint density at radius 1 is 0.889 bits per heavy atom. The summed E-state index contributed by atoms with van der Waals surface area (Å²) in [5.41, 5.74) is -0.354. The van der Waals surface area contributed by atoms with Gasteiger partial charge in [-0.25, -0.2) is 4.39 Å². The highest BCUT2D eigenvalue weighted by Gasteiger charge is 2.55. The van der Waals surface area contributed by atoms with Crippen molar-refractivity contribution in [3.05, 3.63) is 70.5 Å². The summed E-state index contributed by atoms with van der Waals surface area (Å²) in [6.07, 6.45) is 0.673. The summed E-state index contributed by atoms with van der Waals surface area (Å²) in [6.45, 7) is 2.49. The van der Waals surface area contributed by atoms with E-state index in [1.807, 2.05) is 0 Å². The Hall–Kier alpha value is -3.01. The summed E-state index contributed by atoms with van der Waals surface area (Å²) in [7, 11) is 0.